The first-order chi connectivity index (χ1) is 29.7. The summed E-state index contributed by atoms with van der Waals surface area (Å²) in [4.78, 5) is 9.33. The van der Waals surface area contributed by atoms with Crippen LogP contribution in [0.1, 0.15) is 31.4 Å². The summed E-state index contributed by atoms with van der Waals surface area (Å²) in [7, 11) is 0. The molecular formula is C53H44N4O4. The van der Waals surface area contributed by atoms with Crippen LogP contribution < -0.4 is 9.47 Å². The van der Waals surface area contributed by atoms with Crippen LogP contribution in [-0.4, -0.2) is 41.5 Å². The molecule has 0 saturated heterocycles. The van der Waals surface area contributed by atoms with Crippen molar-refractivity contribution in [2.45, 2.75) is 46.3 Å². The van der Waals surface area contributed by atoms with Crippen LogP contribution in [0.2, 0.25) is 0 Å². The quantitative estimate of drug-likeness (QED) is 0.143. The molecule has 300 valence electrons. The molecule has 61 heavy (non-hydrogen) atoms. The number of aromatic hydroxyl groups is 2. The Morgan fingerprint density at radius 3 is 1.16 bits per heavy atom. The van der Waals surface area contributed by atoms with Crippen molar-refractivity contribution in [1.29, 1.82) is 0 Å². The standard InChI is InChI=1S/C53H44N4O4/c1-32-27-42(50(58)48(29-32)56-44-21-9-5-15-36(44)37-16-6-10-22-45(37)56)40-19-13-25-54-52(40)60-34(3)31-35(4)61-53-41(20-14-26-55-53)43-28-33(2)30-49(51(43)59)57-46-23-11-7-17-38(46)39-18-8-12-24-47(39)57/h5-30,34-35,58-59H,31H2,1-4H3. The predicted molar refractivity (Wildman–Crippen MR) is 246 cm³/mol. The van der Waals surface area contributed by atoms with Crippen LogP contribution in [-0.2, 0) is 0 Å². The molecular weight excluding hydrogens is 757 g/mol. The Bertz CT molecular complexity index is 2970. The summed E-state index contributed by atoms with van der Waals surface area (Å²) in [6.45, 7) is 8.04. The van der Waals surface area contributed by atoms with Crippen molar-refractivity contribution in [3.63, 3.8) is 0 Å². The molecule has 10 aromatic rings. The second-order valence-corrected chi connectivity index (χ2v) is 15.9. The SMILES string of the molecule is Cc1cc(-c2cccnc2OC(C)CC(C)Oc2ncccc2-c2cc(C)cc(-n3c4ccccc4c4ccccc43)c2O)c(O)c(-n2c3ccccc3c3ccccc32)c1. The van der Waals surface area contributed by atoms with E-state index in [1.165, 1.54) is 0 Å². The van der Waals surface area contributed by atoms with Crippen LogP contribution in [0.5, 0.6) is 23.3 Å². The Labute approximate surface area is 353 Å². The van der Waals surface area contributed by atoms with E-state index in [9.17, 15) is 10.2 Å². The molecule has 4 aromatic heterocycles. The zero-order valence-corrected chi connectivity index (χ0v) is 34.4. The van der Waals surface area contributed by atoms with E-state index in [1.54, 1.807) is 12.4 Å². The first kappa shape index (κ1) is 37.7. The van der Waals surface area contributed by atoms with Crippen LogP contribution in [0.15, 0.2) is 158 Å². The lowest BCUT2D eigenvalue weighted by molar-refractivity contribution is 0.125. The Hall–Kier alpha value is -7.58. The molecule has 0 aliphatic rings. The Morgan fingerprint density at radius 2 is 0.803 bits per heavy atom. The number of fused-ring (bicyclic) bond motifs is 6. The highest BCUT2D eigenvalue weighted by atomic mass is 16.5. The molecule has 2 atom stereocenters. The summed E-state index contributed by atoms with van der Waals surface area (Å²) in [6.07, 6.45) is 3.26. The number of hydrogen-bond donors (Lipinski definition) is 2. The monoisotopic (exact) mass is 800 g/mol. The zero-order valence-electron chi connectivity index (χ0n) is 34.4. The van der Waals surface area contributed by atoms with Gasteiger partial charge in [-0.05, 0) is 112 Å². The van der Waals surface area contributed by atoms with E-state index in [2.05, 4.69) is 67.6 Å². The van der Waals surface area contributed by atoms with Crippen molar-refractivity contribution >= 4 is 43.6 Å². The van der Waals surface area contributed by atoms with E-state index < -0.39 is 0 Å². The van der Waals surface area contributed by atoms with Gasteiger partial charge in [0.1, 0.15) is 23.7 Å². The van der Waals surface area contributed by atoms with E-state index in [1.807, 2.05) is 125 Å². The molecule has 8 nitrogen and oxygen atoms in total. The van der Waals surface area contributed by atoms with E-state index in [4.69, 9.17) is 9.47 Å². The lowest BCUT2D eigenvalue weighted by Gasteiger charge is -2.22. The van der Waals surface area contributed by atoms with Crippen molar-refractivity contribution in [2.75, 3.05) is 0 Å². The van der Waals surface area contributed by atoms with E-state index in [0.717, 1.165) is 54.7 Å². The lowest BCUT2D eigenvalue weighted by atomic mass is 10.0. The average molecular weight is 801 g/mol. The maximum Gasteiger partial charge on any atom is 0.221 e. The van der Waals surface area contributed by atoms with E-state index >= 15 is 0 Å². The number of aromatic nitrogens is 4. The molecule has 10 rings (SSSR count). The Morgan fingerprint density at radius 1 is 0.459 bits per heavy atom. The minimum absolute atomic E-state index is 0.141. The fourth-order valence-electron chi connectivity index (χ4n) is 8.96. The molecule has 2 N–H and O–H groups in total. The lowest BCUT2D eigenvalue weighted by Crippen LogP contribution is -2.23. The number of benzene rings is 6. The number of phenolic OH excluding ortho intramolecular Hbond substituents is 2. The first-order valence-corrected chi connectivity index (χ1v) is 20.6. The number of pyridine rings is 2. The number of rotatable bonds is 10. The summed E-state index contributed by atoms with van der Waals surface area (Å²) >= 11 is 0. The average Bonchev–Trinajstić information content (AvgIpc) is 3.78. The highest BCUT2D eigenvalue weighted by Crippen LogP contribution is 2.44. The first-order valence-electron chi connectivity index (χ1n) is 20.6. The third kappa shape index (κ3) is 6.57. The normalized spacial score (nSPS) is 12.7. The summed E-state index contributed by atoms with van der Waals surface area (Å²) < 4.78 is 17.4. The third-order valence-electron chi connectivity index (χ3n) is 11.5. The molecule has 0 saturated carbocycles. The topological polar surface area (TPSA) is 94.6 Å². The summed E-state index contributed by atoms with van der Waals surface area (Å²) in [5.74, 6) is 1.11. The number of para-hydroxylation sites is 4. The second-order valence-electron chi connectivity index (χ2n) is 15.9. The fraction of sp³-hybridized carbons (Fsp3) is 0.132. The third-order valence-corrected chi connectivity index (χ3v) is 11.5. The van der Waals surface area contributed by atoms with Gasteiger partial charge in [0.15, 0.2) is 0 Å². The van der Waals surface area contributed by atoms with Crippen molar-refractivity contribution in [2.24, 2.45) is 0 Å². The molecule has 4 heterocycles. The molecule has 6 aromatic carbocycles. The smallest absolute Gasteiger partial charge is 0.221 e. The molecule has 2 unspecified atom stereocenters. The summed E-state index contributed by atoms with van der Waals surface area (Å²) in [5.41, 5.74) is 10.0. The molecule has 0 aliphatic heterocycles. The minimum atomic E-state index is -0.325. The van der Waals surface area contributed by atoms with Gasteiger partial charge in [-0.2, -0.15) is 0 Å². The van der Waals surface area contributed by atoms with Crippen molar-refractivity contribution in [3.05, 3.63) is 169 Å². The van der Waals surface area contributed by atoms with Crippen LogP contribution in [0.3, 0.4) is 0 Å². The molecule has 0 bridgehead atoms. The van der Waals surface area contributed by atoms with Gasteiger partial charge in [-0.3, -0.25) is 0 Å². The molecule has 0 aliphatic carbocycles. The van der Waals surface area contributed by atoms with E-state index in [-0.39, 0.29) is 23.7 Å². The predicted octanol–water partition coefficient (Wildman–Crippen LogP) is 12.7. The van der Waals surface area contributed by atoms with Gasteiger partial charge in [-0.1, -0.05) is 72.8 Å². The number of phenols is 2. The number of nitrogens with zero attached hydrogens (tertiary/aromatic N) is 4. The maximum atomic E-state index is 12.1. The summed E-state index contributed by atoms with van der Waals surface area (Å²) in [6, 6.07) is 48.6. The van der Waals surface area contributed by atoms with Gasteiger partial charge in [0, 0.05) is 62.6 Å². The van der Waals surface area contributed by atoms with Crippen LogP contribution in [0.25, 0.3) is 77.2 Å². The van der Waals surface area contributed by atoms with Gasteiger partial charge in [-0.25, -0.2) is 9.97 Å². The summed E-state index contributed by atoms with van der Waals surface area (Å²) in [5, 5.41) is 28.7. The molecule has 0 radical (unpaired) electrons. The largest absolute Gasteiger partial charge is 0.505 e. The highest BCUT2D eigenvalue weighted by molar-refractivity contribution is 6.10. The van der Waals surface area contributed by atoms with Gasteiger partial charge >= 0.3 is 0 Å². The van der Waals surface area contributed by atoms with Crippen LogP contribution in [0, 0.1) is 13.8 Å². The van der Waals surface area contributed by atoms with Crippen LogP contribution >= 0.6 is 0 Å². The number of aryl methyl sites for hydroxylation is 2. The van der Waals surface area contributed by atoms with Crippen molar-refractivity contribution in [3.8, 4) is 56.9 Å². The van der Waals surface area contributed by atoms with Crippen molar-refractivity contribution in [1.82, 2.24) is 19.1 Å². The van der Waals surface area contributed by atoms with Crippen molar-refractivity contribution < 1.29 is 19.7 Å². The minimum Gasteiger partial charge on any atom is -0.505 e. The highest BCUT2D eigenvalue weighted by Gasteiger charge is 2.24. The molecule has 0 amide bonds. The van der Waals surface area contributed by atoms with Gasteiger partial charge < -0.3 is 28.8 Å². The van der Waals surface area contributed by atoms with E-state index in [0.29, 0.717) is 51.8 Å². The molecule has 8 heteroatoms. The second kappa shape index (κ2) is 15.2. The number of hydrogen-bond acceptors (Lipinski definition) is 6. The molecule has 0 fully saturated rings. The van der Waals surface area contributed by atoms with Crippen LogP contribution in [0.4, 0.5) is 0 Å². The maximum absolute atomic E-state index is 12.1. The van der Waals surface area contributed by atoms with Gasteiger partial charge in [0.05, 0.1) is 33.4 Å². The van der Waals surface area contributed by atoms with Gasteiger partial charge in [-0.15, -0.1) is 0 Å². The number of ether oxygens (including phenoxy) is 2. The Kier molecular flexibility index (Phi) is 9.40. The Balaban J connectivity index is 0.936. The molecule has 0 spiro atoms. The fourth-order valence-corrected chi connectivity index (χ4v) is 8.96. The van der Waals surface area contributed by atoms with Gasteiger partial charge in [0.25, 0.3) is 0 Å². The van der Waals surface area contributed by atoms with Gasteiger partial charge in [0.2, 0.25) is 11.8 Å². The zero-order chi connectivity index (χ0) is 41.8.